The van der Waals surface area contributed by atoms with Crippen molar-refractivity contribution in [1.29, 1.82) is 5.26 Å². The quantitative estimate of drug-likeness (QED) is 0.681. The molecule has 0 saturated carbocycles. The van der Waals surface area contributed by atoms with E-state index in [1.807, 2.05) is 18.2 Å². The van der Waals surface area contributed by atoms with Crippen LogP contribution in [0.1, 0.15) is 16.1 Å². The number of hydrogen-bond donors (Lipinski definition) is 0. The first-order valence-corrected chi connectivity index (χ1v) is 5.92. The Balaban J connectivity index is 2.06. The maximum Gasteiger partial charge on any atom is 0.249 e. The predicted octanol–water partition coefficient (Wildman–Crippen LogP) is 2.81. The number of aldehydes is 1. The number of hydrogen-bond acceptors (Lipinski definition) is 4. The molecular weight excluding hydrogens is 254 g/mol. The zero-order chi connectivity index (χ0) is 13.9. The lowest BCUT2D eigenvalue weighted by Crippen LogP contribution is -1.93. The molecule has 0 fully saturated rings. The molecule has 0 aliphatic rings. The summed E-state index contributed by atoms with van der Waals surface area (Å²) < 4.78 is 7.26. The highest BCUT2D eigenvalue weighted by molar-refractivity contribution is 5.78. The number of carbonyl (C=O) groups is 1. The van der Waals surface area contributed by atoms with Crippen LogP contribution in [0, 0.1) is 11.3 Å². The van der Waals surface area contributed by atoms with Crippen LogP contribution in [0.2, 0.25) is 0 Å². The maximum atomic E-state index is 11.2. The molecule has 2 heterocycles. The number of carbonyl (C=O) groups excluding carboxylic acids is 1. The molecule has 5 nitrogen and oxygen atoms in total. The van der Waals surface area contributed by atoms with Gasteiger partial charge in [-0.3, -0.25) is 9.20 Å². The number of rotatable bonds is 3. The lowest BCUT2D eigenvalue weighted by Gasteiger charge is -2.02. The third-order valence-corrected chi connectivity index (χ3v) is 2.82. The molecule has 5 heteroatoms. The Morgan fingerprint density at radius 1 is 1.25 bits per heavy atom. The van der Waals surface area contributed by atoms with E-state index >= 15 is 0 Å². The SMILES string of the molecule is N#Cc1cccc(Oc2nc3ccccn3c2C=O)c1. The van der Waals surface area contributed by atoms with E-state index in [2.05, 4.69) is 4.98 Å². The lowest BCUT2D eigenvalue weighted by atomic mass is 10.2. The summed E-state index contributed by atoms with van der Waals surface area (Å²) in [6.07, 6.45) is 2.44. The summed E-state index contributed by atoms with van der Waals surface area (Å²) in [6.45, 7) is 0. The Morgan fingerprint density at radius 2 is 2.15 bits per heavy atom. The number of ether oxygens (including phenoxy) is 1. The van der Waals surface area contributed by atoms with E-state index in [1.54, 1.807) is 40.9 Å². The Kier molecular flexibility index (Phi) is 2.90. The van der Waals surface area contributed by atoms with E-state index in [-0.39, 0.29) is 5.88 Å². The summed E-state index contributed by atoms with van der Waals surface area (Å²) in [5, 5.41) is 8.86. The van der Waals surface area contributed by atoms with Crippen LogP contribution in [0.5, 0.6) is 11.6 Å². The fourth-order valence-electron chi connectivity index (χ4n) is 1.92. The Bertz CT molecular complexity index is 830. The summed E-state index contributed by atoms with van der Waals surface area (Å²) in [5.74, 6) is 0.692. The van der Waals surface area contributed by atoms with Crippen molar-refractivity contribution in [3.8, 4) is 17.7 Å². The molecule has 0 saturated heterocycles. The molecule has 20 heavy (non-hydrogen) atoms. The number of pyridine rings is 1. The highest BCUT2D eigenvalue weighted by Crippen LogP contribution is 2.25. The van der Waals surface area contributed by atoms with Crippen molar-refractivity contribution < 1.29 is 9.53 Å². The van der Waals surface area contributed by atoms with E-state index in [1.165, 1.54) is 0 Å². The number of benzene rings is 1. The Hall–Kier alpha value is -3.13. The first kappa shape index (κ1) is 11.9. The van der Waals surface area contributed by atoms with Gasteiger partial charge in [0.05, 0.1) is 11.6 Å². The van der Waals surface area contributed by atoms with E-state index in [4.69, 9.17) is 10.00 Å². The molecule has 0 unspecified atom stereocenters. The molecule has 0 aliphatic carbocycles. The number of nitriles is 1. The summed E-state index contributed by atoms with van der Waals surface area (Å²) in [6, 6.07) is 14.1. The smallest absolute Gasteiger partial charge is 0.249 e. The molecule has 0 N–H and O–H groups in total. The average Bonchev–Trinajstić information content (AvgIpc) is 2.84. The van der Waals surface area contributed by atoms with Gasteiger partial charge in [-0.25, -0.2) is 0 Å². The fraction of sp³-hybridized carbons (Fsp3) is 0. The maximum absolute atomic E-state index is 11.2. The number of aromatic nitrogens is 2. The minimum atomic E-state index is 0.223. The van der Waals surface area contributed by atoms with Gasteiger partial charge in [0, 0.05) is 6.20 Å². The van der Waals surface area contributed by atoms with Crippen molar-refractivity contribution in [1.82, 2.24) is 9.38 Å². The zero-order valence-electron chi connectivity index (χ0n) is 10.4. The lowest BCUT2D eigenvalue weighted by molar-refractivity contribution is 0.111. The minimum absolute atomic E-state index is 0.223. The molecule has 3 aromatic rings. The van der Waals surface area contributed by atoms with E-state index in [0.717, 1.165) is 0 Å². The van der Waals surface area contributed by atoms with Gasteiger partial charge in [-0.2, -0.15) is 10.2 Å². The molecule has 1 aromatic carbocycles. The second-order valence-corrected chi connectivity index (χ2v) is 4.09. The van der Waals surface area contributed by atoms with Gasteiger partial charge in [-0.15, -0.1) is 0 Å². The van der Waals surface area contributed by atoms with Crippen molar-refractivity contribution in [2.75, 3.05) is 0 Å². The van der Waals surface area contributed by atoms with Crippen molar-refractivity contribution in [2.45, 2.75) is 0 Å². The molecule has 0 radical (unpaired) electrons. The first-order chi connectivity index (χ1) is 9.81. The number of imidazole rings is 1. The van der Waals surface area contributed by atoms with Gasteiger partial charge in [0.1, 0.15) is 11.4 Å². The van der Waals surface area contributed by atoms with Crippen LogP contribution in [0.25, 0.3) is 5.65 Å². The minimum Gasteiger partial charge on any atom is -0.437 e. The molecule has 0 amide bonds. The van der Waals surface area contributed by atoms with E-state index < -0.39 is 0 Å². The van der Waals surface area contributed by atoms with Crippen molar-refractivity contribution in [3.63, 3.8) is 0 Å². The largest absolute Gasteiger partial charge is 0.437 e. The molecule has 0 spiro atoms. The fourth-order valence-corrected chi connectivity index (χ4v) is 1.92. The monoisotopic (exact) mass is 263 g/mol. The van der Waals surface area contributed by atoms with Gasteiger partial charge < -0.3 is 4.74 Å². The number of fused-ring (bicyclic) bond motifs is 1. The third kappa shape index (κ3) is 1.99. The number of nitrogens with zero attached hydrogens (tertiary/aromatic N) is 3. The Morgan fingerprint density at radius 3 is 2.95 bits per heavy atom. The highest BCUT2D eigenvalue weighted by atomic mass is 16.5. The molecular formula is C15H9N3O2. The summed E-state index contributed by atoms with van der Waals surface area (Å²) in [4.78, 5) is 15.5. The second kappa shape index (κ2) is 4.86. The van der Waals surface area contributed by atoms with Crippen molar-refractivity contribution in [2.24, 2.45) is 0 Å². The molecule has 0 atom stereocenters. The van der Waals surface area contributed by atoms with Gasteiger partial charge in [0.2, 0.25) is 5.88 Å². The Labute approximate surface area is 114 Å². The normalized spacial score (nSPS) is 10.2. The van der Waals surface area contributed by atoms with Crippen LogP contribution >= 0.6 is 0 Å². The molecule has 2 aromatic heterocycles. The van der Waals surface area contributed by atoms with E-state index in [9.17, 15) is 4.79 Å². The van der Waals surface area contributed by atoms with Crippen molar-refractivity contribution >= 4 is 11.9 Å². The van der Waals surface area contributed by atoms with Gasteiger partial charge in [0.25, 0.3) is 0 Å². The summed E-state index contributed by atoms with van der Waals surface area (Å²) in [5.41, 5.74) is 1.45. The van der Waals surface area contributed by atoms with Gasteiger partial charge >= 0.3 is 0 Å². The zero-order valence-corrected chi connectivity index (χ0v) is 10.4. The van der Waals surface area contributed by atoms with Crippen LogP contribution in [-0.4, -0.2) is 15.7 Å². The molecule has 3 rings (SSSR count). The summed E-state index contributed by atoms with van der Waals surface area (Å²) >= 11 is 0. The second-order valence-electron chi connectivity index (χ2n) is 4.09. The van der Waals surface area contributed by atoms with Crippen LogP contribution in [0.4, 0.5) is 0 Å². The standard InChI is InChI=1S/C15H9N3O2/c16-9-11-4-3-5-12(8-11)20-15-13(10-19)18-7-2-1-6-14(18)17-15/h1-8,10H. The van der Waals surface area contributed by atoms with Crippen LogP contribution in [-0.2, 0) is 0 Å². The topological polar surface area (TPSA) is 67.4 Å². The van der Waals surface area contributed by atoms with E-state index in [0.29, 0.717) is 28.9 Å². The van der Waals surface area contributed by atoms with Crippen LogP contribution < -0.4 is 4.74 Å². The van der Waals surface area contributed by atoms with Crippen LogP contribution in [0.15, 0.2) is 48.7 Å². The molecule has 96 valence electrons. The predicted molar refractivity (Wildman–Crippen MR) is 71.8 cm³/mol. The first-order valence-electron chi connectivity index (χ1n) is 5.92. The van der Waals surface area contributed by atoms with Gasteiger partial charge in [-0.1, -0.05) is 12.1 Å². The molecule has 0 bridgehead atoms. The summed E-state index contributed by atoms with van der Waals surface area (Å²) in [7, 11) is 0. The van der Waals surface area contributed by atoms with Gasteiger partial charge in [-0.05, 0) is 30.3 Å². The van der Waals surface area contributed by atoms with Crippen molar-refractivity contribution in [3.05, 3.63) is 59.9 Å². The third-order valence-electron chi connectivity index (χ3n) is 2.82. The molecule has 0 aliphatic heterocycles. The van der Waals surface area contributed by atoms with Crippen LogP contribution in [0.3, 0.4) is 0 Å². The highest BCUT2D eigenvalue weighted by Gasteiger charge is 2.13. The average molecular weight is 263 g/mol. The van der Waals surface area contributed by atoms with Gasteiger partial charge in [0.15, 0.2) is 12.0 Å².